The van der Waals surface area contributed by atoms with Crippen LogP contribution in [-0.2, 0) is 0 Å². The third-order valence-corrected chi connectivity index (χ3v) is 5.68. The number of pyridine rings is 1. The zero-order valence-corrected chi connectivity index (χ0v) is 16.3. The maximum Gasteiger partial charge on any atom is 0.231 e. The van der Waals surface area contributed by atoms with Crippen molar-refractivity contribution in [2.24, 2.45) is 5.10 Å². The first-order valence-corrected chi connectivity index (χ1v) is 9.81. The van der Waals surface area contributed by atoms with Gasteiger partial charge in [0, 0.05) is 35.5 Å². The van der Waals surface area contributed by atoms with Crippen molar-refractivity contribution in [3.63, 3.8) is 0 Å². The zero-order chi connectivity index (χ0) is 20.1. The number of rotatable bonds is 3. The SMILES string of the molecule is COc1cccc2c1O[C@@H](c1cccnc1)N1N=C(c3ccc4c(c3)OCO4)C[C@H]21. The normalized spacial score (nSPS) is 20.8. The highest BCUT2D eigenvalue weighted by Crippen LogP contribution is 2.50. The van der Waals surface area contributed by atoms with Crippen LogP contribution >= 0.6 is 0 Å². The van der Waals surface area contributed by atoms with Crippen LogP contribution in [0.4, 0.5) is 0 Å². The highest BCUT2D eigenvalue weighted by Gasteiger charge is 2.42. The van der Waals surface area contributed by atoms with Gasteiger partial charge in [-0.05, 0) is 30.3 Å². The molecule has 3 aromatic rings. The molecule has 3 aliphatic heterocycles. The zero-order valence-electron chi connectivity index (χ0n) is 16.3. The molecule has 7 nitrogen and oxygen atoms in total. The number of benzene rings is 2. The van der Waals surface area contributed by atoms with Crippen LogP contribution in [0.15, 0.2) is 66.0 Å². The summed E-state index contributed by atoms with van der Waals surface area (Å²) in [6.45, 7) is 0.254. The summed E-state index contributed by atoms with van der Waals surface area (Å²) in [4.78, 5) is 4.27. The van der Waals surface area contributed by atoms with E-state index in [0.29, 0.717) is 0 Å². The molecule has 0 radical (unpaired) electrons. The highest BCUT2D eigenvalue weighted by molar-refractivity contribution is 6.02. The molecule has 2 atom stereocenters. The van der Waals surface area contributed by atoms with Crippen LogP contribution in [0, 0.1) is 0 Å². The van der Waals surface area contributed by atoms with Gasteiger partial charge in [0.05, 0.1) is 18.9 Å². The van der Waals surface area contributed by atoms with Gasteiger partial charge >= 0.3 is 0 Å². The van der Waals surface area contributed by atoms with Crippen LogP contribution in [0.2, 0.25) is 0 Å². The van der Waals surface area contributed by atoms with Gasteiger partial charge in [-0.25, -0.2) is 5.01 Å². The van der Waals surface area contributed by atoms with Crippen LogP contribution in [0.25, 0.3) is 0 Å². The van der Waals surface area contributed by atoms with Crippen LogP contribution < -0.4 is 18.9 Å². The van der Waals surface area contributed by atoms with E-state index in [1.165, 1.54) is 0 Å². The van der Waals surface area contributed by atoms with Gasteiger partial charge < -0.3 is 18.9 Å². The lowest BCUT2D eigenvalue weighted by molar-refractivity contribution is -0.0211. The summed E-state index contributed by atoms with van der Waals surface area (Å²) in [5, 5.41) is 7.00. The minimum absolute atomic E-state index is 0.0366. The monoisotopic (exact) mass is 401 g/mol. The molecule has 0 unspecified atom stereocenters. The van der Waals surface area contributed by atoms with E-state index in [1.807, 2.05) is 53.7 Å². The van der Waals surface area contributed by atoms with Gasteiger partial charge in [-0.3, -0.25) is 4.98 Å². The maximum absolute atomic E-state index is 6.42. The van der Waals surface area contributed by atoms with Gasteiger partial charge in [0.2, 0.25) is 13.0 Å². The van der Waals surface area contributed by atoms with Crippen molar-refractivity contribution in [1.29, 1.82) is 0 Å². The summed E-state index contributed by atoms with van der Waals surface area (Å²) >= 11 is 0. The average molecular weight is 401 g/mol. The molecule has 2 aromatic carbocycles. The number of nitrogens with zero attached hydrogens (tertiary/aromatic N) is 3. The van der Waals surface area contributed by atoms with E-state index < -0.39 is 0 Å². The Labute approximate surface area is 173 Å². The fourth-order valence-corrected chi connectivity index (χ4v) is 4.24. The fraction of sp³-hybridized carbons (Fsp3) is 0.217. The predicted octanol–water partition coefficient (Wildman–Crippen LogP) is 4.06. The van der Waals surface area contributed by atoms with Crippen LogP contribution in [-0.4, -0.2) is 29.6 Å². The summed E-state index contributed by atoms with van der Waals surface area (Å²) < 4.78 is 23.0. The molecule has 0 N–H and O–H groups in total. The predicted molar refractivity (Wildman–Crippen MR) is 109 cm³/mol. The second-order valence-corrected chi connectivity index (χ2v) is 7.35. The minimum Gasteiger partial charge on any atom is -0.493 e. The van der Waals surface area contributed by atoms with Gasteiger partial charge in [0.1, 0.15) is 0 Å². The number of hydrogen-bond acceptors (Lipinski definition) is 7. The summed E-state index contributed by atoms with van der Waals surface area (Å²) in [5.41, 5.74) is 4.00. The van der Waals surface area contributed by atoms with Gasteiger partial charge in [-0.2, -0.15) is 5.10 Å². The van der Waals surface area contributed by atoms with E-state index in [0.717, 1.165) is 51.8 Å². The van der Waals surface area contributed by atoms with Crippen molar-refractivity contribution in [2.75, 3.05) is 13.9 Å². The smallest absolute Gasteiger partial charge is 0.231 e. The van der Waals surface area contributed by atoms with Gasteiger partial charge in [0.25, 0.3) is 0 Å². The highest BCUT2D eigenvalue weighted by atomic mass is 16.7. The number of methoxy groups -OCH3 is 1. The van der Waals surface area contributed by atoms with Crippen LogP contribution in [0.5, 0.6) is 23.0 Å². The Hall–Kier alpha value is -3.74. The van der Waals surface area contributed by atoms with Crippen LogP contribution in [0.3, 0.4) is 0 Å². The van der Waals surface area contributed by atoms with Gasteiger partial charge in [-0.1, -0.05) is 18.2 Å². The second-order valence-electron chi connectivity index (χ2n) is 7.35. The van der Waals surface area contributed by atoms with Crippen molar-refractivity contribution in [3.05, 3.63) is 77.6 Å². The van der Waals surface area contributed by atoms with Crippen molar-refractivity contribution in [1.82, 2.24) is 9.99 Å². The number of para-hydroxylation sites is 1. The molecule has 0 bridgehead atoms. The fourth-order valence-electron chi connectivity index (χ4n) is 4.24. The summed E-state index contributed by atoms with van der Waals surface area (Å²) in [6, 6.07) is 15.9. The molecule has 0 fully saturated rings. The molecule has 0 saturated heterocycles. The second kappa shape index (κ2) is 6.66. The summed E-state index contributed by atoms with van der Waals surface area (Å²) in [7, 11) is 1.66. The molecular formula is C23H19N3O4. The van der Waals surface area contributed by atoms with E-state index in [-0.39, 0.29) is 19.1 Å². The average Bonchev–Trinajstić information content (AvgIpc) is 3.45. The molecule has 6 rings (SSSR count). The largest absolute Gasteiger partial charge is 0.493 e. The first-order chi connectivity index (χ1) is 14.8. The quantitative estimate of drug-likeness (QED) is 0.659. The Kier molecular flexibility index (Phi) is 3.80. The molecule has 30 heavy (non-hydrogen) atoms. The van der Waals surface area contributed by atoms with Gasteiger partial charge in [0.15, 0.2) is 23.0 Å². The van der Waals surface area contributed by atoms with Crippen molar-refractivity contribution in [3.8, 4) is 23.0 Å². The first kappa shape index (κ1) is 17.1. The molecule has 0 aliphatic carbocycles. The van der Waals surface area contributed by atoms with Crippen molar-refractivity contribution >= 4 is 5.71 Å². The van der Waals surface area contributed by atoms with E-state index >= 15 is 0 Å². The molecule has 0 amide bonds. The number of hydrogen-bond donors (Lipinski definition) is 0. The Morgan fingerprint density at radius 2 is 2.00 bits per heavy atom. The van der Waals surface area contributed by atoms with Crippen molar-refractivity contribution in [2.45, 2.75) is 18.7 Å². The molecule has 150 valence electrons. The third-order valence-electron chi connectivity index (χ3n) is 5.68. The number of aromatic nitrogens is 1. The van der Waals surface area contributed by atoms with Crippen LogP contribution in [0.1, 0.15) is 35.4 Å². The molecule has 0 spiro atoms. The van der Waals surface area contributed by atoms with Crippen molar-refractivity contribution < 1.29 is 18.9 Å². The molecule has 3 aliphatic rings. The lowest BCUT2D eigenvalue weighted by Gasteiger charge is -2.38. The number of ether oxygens (including phenoxy) is 4. The molecule has 0 saturated carbocycles. The van der Waals surface area contributed by atoms with E-state index in [2.05, 4.69) is 11.1 Å². The topological polar surface area (TPSA) is 65.4 Å². The van der Waals surface area contributed by atoms with Gasteiger partial charge in [-0.15, -0.1) is 0 Å². The first-order valence-electron chi connectivity index (χ1n) is 9.81. The molecule has 7 heteroatoms. The standard InChI is InChI=1S/C23H19N3O4/c1-27-20-6-2-5-16-18-11-17(14-7-8-19-21(10-14)29-13-28-19)25-26(18)23(30-22(16)20)15-4-3-9-24-12-15/h2-10,12,18,23H,11,13H2,1H3/t18-,23+/m1/s1. The lowest BCUT2D eigenvalue weighted by Crippen LogP contribution is -2.33. The molecular weight excluding hydrogens is 382 g/mol. The van der Waals surface area contributed by atoms with E-state index in [4.69, 9.17) is 24.0 Å². The van der Waals surface area contributed by atoms with E-state index in [1.54, 1.807) is 13.3 Å². The lowest BCUT2D eigenvalue weighted by atomic mass is 9.95. The Balaban J connectivity index is 1.45. The summed E-state index contributed by atoms with van der Waals surface area (Å²) in [6.07, 6.45) is 3.93. The maximum atomic E-state index is 6.42. The molecule has 1 aromatic heterocycles. The Morgan fingerprint density at radius 1 is 1.07 bits per heavy atom. The Morgan fingerprint density at radius 3 is 2.87 bits per heavy atom. The molecule has 4 heterocycles. The minimum atomic E-state index is -0.390. The number of hydrazone groups is 1. The summed E-state index contributed by atoms with van der Waals surface area (Å²) in [5.74, 6) is 3.00. The third kappa shape index (κ3) is 2.58. The van der Waals surface area contributed by atoms with E-state index in [9.17, 15) is 0 Å². The Bertz CT molecular complexity index is 1150. The number of fused-ring (bicyclic) bond motifs is 4.